The van der Waals surface area contributed by atoms with Crippen LogP contribution in [0.25, 0.3) is 0 Å². The number of rotatable bonds is 12. The van der Waals surface area contributed by atoms with Crippen molar-refractivity contribution >= 4 is 41.0 Å². The standard InChI is InChI=1S/C21H28ClN6O8PS/c1-4-26(5-2)28(30)24-35-14-36-37(31,32)25-38(33,34)20-13-17(10-11-18(20)22)21(29)23-27-15(3)12-16-8-6-7-9-19(16)27/h6-11,13,15H,4-5,12,14H2,1-3H3,(H,23,29)(H2,25,31,32)/b28-24-. The molecule has 208 valence electrons. The number of anilines is 1. The lowest BCUT2D eigenvalue weighted by Gasteiger charge is -2.25. The zero-order valence-corrected chi connectivity index (χ0v) is 23.2. The highest BCUT2D eigenvalue weighted by molar-refractivity contribution is 7.94. The molecule has 0 fully saturated rings. The summed E-state index contributed by atoms with van der Waals surface area (Å²) < 4.78 is 44.0. The highest BCUT2D eigenvalue weighted by Crippen LogP contribution is 2.40. The monoisotopic (exact) mass is 590 g/mol. The van der Waals surface area contributed by atoms with Gasteiger partial charge >= 0.3 is 7.75 Å². The molecule has 2 atom stereocenters. The lowest BCUT2D eigenvalue weighted by molar-refractivity contribution is -0.710. The third kappa shape index (κ3) is 7.12. The first-order valence-electron chi connectivity index (χ1n) is 11.4. The fraction of sp³-hybridized carbons (Fsp3) is 0.381. The molecule has 2 unspecified atom stereocenters. The molecule has 0 aliphatic carbocycles. The number of nitrogens with one attached hydrogen (secondary N) is 2. The summed E-state index contributed by atoms with van der Waals surface area (Å²) in [6.45, 7) is 4.97. The van der Waals surface area contributed by atoms with E-state index in [4.69, 9.17) is 11.6 Å². The smallest absolute Gasteiger partial charge is 0.419 e. The second-order valence-electron chi connectivity index (χ2n) is 8.10. The van der Waals surface area contributed by atoms with Gasteiger partial charge in [0.2, 0.25) is 12.1 Å². The molecule has 1 aliphatic heterocycles. The van der Waals surface area contributed by atoms with Crippen LogP contribution in [0.2, 0.25) is 5.02 Å². The normalized spacial score (nSPS) is 17.0. The molecule has 1 aliphatic rings. The number of hydrogen-bond donors (Lipinski definition) is 3. The summed E-state index contributed by atoms with van der Waals surface area (Å²) in [6.07, 6.45) is 0.714. The molecule has 3 N–H and O–H groups in total. The van der Waals surface area contributed by atoms with Crippen LogP contribution >= 0.6 is 19.3 Å². The Morgan fingerprint density at radius 3 is 2.68 bits per heavy atom. The largest absolute Gasteiger partial charge is 0.569 e. The van der Waals surface area contributed by atoms with Gasteiger partial charge in [0.05, 0.1) is 34.8 Å². The molecule has 38 heavy (non-hydrogen) atoms. The topological polar surface area (TPSA) is 176 Å². The summed E-state index contributed by atoms with van der Waals surface area (Å²) in [6, 6.07) is 11.0. The van der Waals surface area contributed by atoms with Gasteiger partial charge in [0.25, 0.3) is 15.9 Å². The number of amides is 1. The number of hydrazine groups is 2. The van der Waals surface area contributed by atoms with Crippen molar-refractivity contribution in [1.29, 1.82) is 0 Å². The summed E-state index contributed by atoms with van der Waals surface area (Å²) in [5.41, 5.74) is 4.57. The number of para-hydroxylation sites is 1. The molecule has 2 aromatic carbocycles. The second kappa shape index (κ2) is 12.3. The maximum atomic E-state index is 13.0. The van der Waals surface area contributed by atoms with Crippen molar-refractivity contribution in [2.75, 3.05) is 24.9 Å². The predicted molar refractivity (Wildman–Crippen MR) is 137 cm³/mol. The molecule has 1 amide bonds. The minimum Gasteiger partial charge on any atom is -0.569 e. The van der Waals surface area contributed by atoms with Gasteiger partial charge in [0, 0.05) is 5.56 Å². The Kier molecular flexibility index (Phi) is 9.57. The van der Waals surface area contributed by atoms with Crippen LogP contribution in [0.5, 0.6) is 0 Å². The van der Waals surface area contributed by atoms with Gasteiger partial charge in [-0.3, -0.25) is 19.8 Å². The average Bonchev–Trinajstić information content (AvgIpc) is 3.17. The Balaban J connectivity index is 1.69. The minimum atomic E-state index is -5.03. The fourth-order valence-electron chi connectivity index (χ4n) is 3.67. The Morgan fingerprint density at radius 1 is 1.32 bits per heavy atom. The summed E-state index contributed by atoms with van der Waals surface area (Å²) in [4.78, 5) is 26.9. The summed E-state index contributed by atoms with van der Waals surface area (Å²) >= 11 is 6.04. The number of fused-ring (bicyclic) bond motifs is 1. The van der Waals surface area contributed by atoms with E-state index in [-0.39, 0.29) is 21.6 Å². The first-order chi connectivity index (χ1) is 17.9. The van der Waals surface area contributed by atoms with E-state index in [0.717, 1.165) is 17.3 Å². The highest BCUT2D eigenvalue weighted by Gasteiger charge is 2.32. The molecule has 0 spiro atoms. The number of carbonyl (C=O) groups is 1. The van der Waals surface area contributed by atoms with Crippen molar-refractivity contribution < 1.29 is 37.0 Å². The number of halogens is 1. The zero-order chi connectivity index (χ0) is 28.1. The van der Waals surface area contributed by atoms with Crippen molar-refractivity contribution in [3.05, 3.63) is 63.8 Å². The summed E-state index contributed by atoms with van der Waals surface area (Å²) in [5.74, 6) is -0.615. The zero-order valence-electron chi connectivity index (χ0n) is 20.8. The maximum absolute atomic E-state index is 13.0. The van der Waals surface area contributed by atoms with Crippen molar-refractivity contribution in [3.8, 4) is 0 Å². The van der Waals surface area contributed by atoms with Crippen LogP contribution in [0.1, 0.15) is 36.7 Å². The van der Waals surface area contributed by atoms with E-state index in [1.807, 2.05) is 31.2 Å². The molecule has 0 radical (unpaired) electrons. The molecular weight excluding hydrogens is 563 g/mol. The number of hydrogen-bond acceptors (Lipinski definition) is 9. The van der Waals surface area contributed by atoms with E-state index < -0.39 is 35.4 Å². The fourth-order valence-corrected chi connectivity index (χ4v) is 6.71. The van der Waals surface area contributed by atoms with Gasteiger partial charge in [0.1, 0.15) is 4.90 Å². The molecular formula is C21H28ClN6O8PS. The van der Waals surface area contributed by atoms with Gasteiger partial charge in [-0.2, -0.15) is 0 Å². The van der Waals surface area contributed by atoms with Crippen molar-refractivity contribution in [2.45, 2.75) is 38.1 Å². The van der Waals surface area contributed by atoms with Crippen molar-refractivity contribution in [1.82, 2.24) is 14.9 Å². The molecule has 3 rings (SSSR count). The summed E-state index contributed by atoms with van der Waals surface area (Å²) in [5, 5.41) is 17.4. The van der Waals surface area contributed by atoms with Gasteiger partial charge in [-0.15, -0.1) is 9.50 Å². The quantitative estimate of drug-likeness (QED) is 0.0831. The third-order valence-corrected chi connectivity index (χ3v) is 9.23. The lowest BCUT2D eigenvalue weighted by atomic mass is 10.1. The Bertz CT molecular complexity index is 1360. The first kappa shape index (κ1) is 29.6. The van der Waals surface area contributed by atoms with Gasteiger partial charge in [0.15, 0.2) is 0 Å². The van der Waals surface area contributed by atoms with E-state index in [9.17, 15) is 27.9 Å². The van der Waals surface area contributed by atoms with Crippen LogP contribution in [0, 0.1) is 5.21 Å². The summed E-state index contributed by atoms with van der Waals surface area (Å²) in [7, 11) is -9.78. The molecule has 0 aromatic heterocycles. The molecule has 0 bridgehead atoms. The number of carbonyl (C=O) groups excluding carboxylic acids is 1. The van der Waals surface area contributed by atoms with E-state index in [1.165, 1.54) is 21.6 Å². The van der Waals surface area contributed by atoms with Crippen molar-refractivity contribution in [3.63, 3.8) is 0 Å². The maximum Gasteiger partial charge on any atom is 0.419 e. The lowest BCUT2D eigenvalue weighted by Crippen LogP contribution is -2.45. The number of nitrogens with zero attached hydrogens (tertiary/aromatic N) is 4. The van der Waals surface area contributed by atoms with Crippen LogP contribution in [0.3, 0.4) is 0 Å². The molecule has 17 heteroatoms. The van der Waals surface area contributed by atoms with Crippen LogP contribution in [0.15, 0.2) is 52.6 Å². The SMILES string of the molecule is CCN(CC)/[N+]([O-])=N/OCOP(=O)(O)NS(=O)(=O)c1cc(C(=O)NN2c3ccccc3CC2C)ccc1Cl. The Morgan fingerprint density at radius 2 is 2.00 bits per heavy atom. The minimum absolute atomic E-state index is 0.0411. The molecule has 0 saturated heterocycles. The van der Waals surface area contributed by atoms with Crippen molar-refractivity contribution in [2.24, 2.45) is 5.28 Å². The van der Waals surface area contributed by atoms with Gasteiger partial charge in [-0.25, -0.2) is 13.0 Å². The number of sulfonamides is 1. The second-order valence-corrected chi connectivity index (χ2v) is 12.0. The van der Waals surface area contributed by atoms with E-state index in [2.05, 4.69) is 20.1 Å². The Hall–Kier alpha value is -2.94. The van der Waals surface area contributed by atoms with E-state index in [0.29, 0.717) is 19.5 Å². The van der Waals surface area contributed by atoms with Crippen LogP contribution < -0.4 is 14.9 Å². The van der Waals surface area contributed by atoms with Crippen LogP contribution in [0.4, 0.5) is 5.69 Å². The van der Waals surface area contributed by atoms with Gasteiger partial charge < -0.3 is 14.9 Å². The van der Waals surface area contributed by atoms with E-state index in [1.54, 1.807) is 18.9 Å². The van der Waals surface area contributed by atoms with Crippen LogP contribution in [-0.2, 0) is 30.4 Å². The Labute approximate surface area is 224 Å². The molecule has 1 heterocycles. The number of benzene rings is 2. The third-order valence-electron chi connectivity index (χ3n) is 5.53. The highest BCUT2D eigenvalue weighted by atomic mass is 35.5. The average molecular weight is 591 g/mol. The van der Waals surface area contributed by atoms with Crippen LogP contribution in [-0.4, -0.2) is 55.1 Å². The van der Waals surface area contributed by atoms with Gasteiger partial charge in [-0.05, 0) is 57.0 Å². The molecule has 0 saturated carbocycles. The first-order valence-corrected chi connectivity index (χ1v) is 14.9. The molecule has 2 aromatic rings. The van der Waals surface area contributed by atoms with Gasteiger partial charge in [-0.1, -0.05) is 29.8 Å². The molecule has 14 nitrogen and oxygen atoms in total. The predicted octanol–water partition coefficient (Wildman–Crippen LogP) is 2.94. The van der Waals surface area contributed by atoms with E-state index >= 15 is 0 Å².